The highest BCUT2D eigenvalue weighted by Crippen LogP contribution is 2.38. The van der Waals surface area contributed by atoms with Gasteiger partial charge in [-0.1, -0.05) is 18.2 Å². The van der Waals surface area contributed by atoms with Gasteiger partial charge in [-0.3, -0.25) is 24.3 Å². The number of hydrogen-bond donors (Lipinski definition) is 2. The van der Waals surface area contributed by atoms with Crippen molar-refractivity contribution in [3.63, 3.8) is 0 Å². The highest BCUT2D eigenvalue weighted by molar-refractivity contribution is 7.99. The first-order chi connectivity index (χ1) is 23.2. The number of hydrogen-bond acceptors (Lipinski definition) is 12. The maximum atomic E-state index is 13.3. The van der Waals surface area contributed by atoms with Crippen molar-refractivity contribution >= 4 is 51.6 Å². The second kappa shape index (κ2) is 15.8. The van der Waals surface area contributed by atoms with E-state index in [1.54, 1.807) is 29.7 Å². The van der Waals surface area contributed by atoms with Crippen molar-refractivity contribution in [2.24, 2.45) is 0 Å². The van der Waals surface area contributed by atoms with Crippen molar-refractivity contribution in [2.45, 2.75) is 50.7 Å². The standard InChI is InChI=1S/C32H34N6O8S2/c1-4-46-31(41)28-22-8-6-5-7-9-25(22)48-30(28)34-27(39)18-47-32-36-35-26(37(32)20-11-13-21(14-12-20)38(42)43)17-33-29(40)19-10-15-23(44-2)24(16-19)45-3/h10-16H,4-9,17-18H2,1-3H3,(H,33,40)(H,34,39). The summed E-state index contributed by atoms with van der Waals surface area (Å²) >= 11 is 2.51. The second-order valence-corrected chi connectivity index (χ2v) is 12.6. The summed E-state index contributed by atoms with van der Waals surface area (Å²) in [5.41, 5.74) is 2.11. The van der Waals surface area contributed by atoms with E-state index in [4.69, 9.17) is 14.2 Å². The van der Waals surface area contributed by atoms with E-state index in [0.29, 0.717) is 44.3 Å². The van der Waals surface area contributed by atoms with Crippen LogP contribution in [0.4, 0.5) is 10.7 Å². The maximum absolute atomic E-state index is 13.3. The number of nitrogens with one attached hydrogen (secondary N) is 2. The third-order valence-corrected chi connectivity index (χ3v) is 9.69. The summed E-state index contributed by atoms with van der Waals surface area (Å²) in [6.45, 7) is 1.92. The van der Waals surface area contributed by atoms with Gasteiger partial charge in [0.05, 0.1) is 43.6 Å². The Morgan fingerprint density at radius 2 is 1.77 bits per heavy atom. The number of nitro groups is 1. The molecule has 0 unspecified atom stereocenters. The van der Waals surface area contributed by atoms with Gasteiger partial charge in [0.25, 0.3) is 11.6 Å². The van der Waals surface area contributed by atoms with Crippen LogP contribution in [0.25, 0.3) is 5.69 Å². The number of aromatic nitrogens is 3. The quantitative estimate of drug-likeness (QED) is 0.0606. The number of non-ortho nitro benzene ring substituents is 1. The van der Waals surface area contributed by atoms with Crippen LogP contribution in [0.15, 0.2) is 47.6 Å². The fourth-order valence-electron chi connectivity index (χ4n) is 5.27. The molecule has 4 aromatic rings. The Balaban J connectivity index is 1.35. The van der Waals surface area contributed by atoms with Crippen LogP contribution in [0.2, 0.25) is 0 Å². The maximum Gasteiger partial charge on any atom is 0.341 e. The number of rotatable bonds is 13. The predicted molar refractivity (Wildman–Crippen MR) is 180 cm³/mol. The number of esters is 1. The van der Waals surface area contributed by atoms with Crippen molar-refractivity contribution in [1.29, 1.82) is 0 Å². The van der Waals surface area contributed by atoms with Gasteiger partial charge < -0.3 is 24.8 Å². The molecule has 252 valence electrons. The number of thiophene rings is 1. The topological polar surface area (TPSA) is 177 Å². The average Bonchev–Trinajstić information content (AvgIpc) is 3.57. The van der Waals surface area contributed by atoms with Gasteiger partial charge in [-0.2, -0.15) is 0 Å². The zero-order valence-corrected chi connectivity index (χ0v) is 28.2. The molecule has 0 atom stereocenters. The van der Waals surface area contributed by atoms with E-state index in [-0.39, 0.29) is 30.5 Å². The summed E-state index contributed by atoms with van der Waals surface area (Å²) in [5, 5.41) is 26.3. The van der Waals surface area contributed by atoms with Crippen LogP contribution in [0.1, 0.15) is 63.2 Å². The number of amides is 2. The van der Waals surface area contributed by atoms with E-state index < -0.39 is 16.8 Å². The molecule has 2 amide bonds. The number of methoxy groups -OCH3 is 2. The Labute approximate surface area is 284 Å². The van der Waals surface area contributed by atoms with Gasteiger partial charge in [0.15, 0.2) is 22.5 Å². The minimum atomic E-state index is -0.505. The van der Waals surface area contributed by atoms with Crippen molar-refractivity contribution in [3.05, 3.63) is 80.0 Å². The lowest BCUT2D eigenvalue weighted by Gasteiger charge is -2.12. The molecular formula is C32H34N6O8S2. The van der Waals surface area contributed by atoms with Crippen LogP contribution in [-0.2, 0) is 28.9 Å². The minimum absolute atomic E-state index is 0.0480. The van der Waals surface area contributed by atoms with Gasteiger partial charge in [0, 0.05) is 28.3 Å². The monoisotopic (exact) mass is 694 g/mol. The Bertz CT molecular complexity index is 1820. The highest BCUT2D eigenvalue weighted by Gasteiger charge is 2.27. The average molecular weight is 695 g/mol. The molecule has 0 saturated carbocycles. The lowest BCUT2D eigenvalue weighted by atomic mass is 10.1. The Morgan fingerprint density at radius 1 is 1.02 bits per heavy atom. The van der Waals surface area contributed by atoms with E-state index in [2.05, 4.69) is 20.8 Å². The van der Waals surface area contributed by atoms with Gasteiger partial charge in [0.1, 0.15) is 5.00 Å². The second-order valence-electron chi connectivity index (χ2n) is 10.6. The zero-order chi connectivity index (χ0) is 34.2. The third kappa shape index (κ3) is 7.77. The van der Waals surface area contributed by atoms with Crippen molar-refractivity contribution in [2.75, 3.05) is 31.9 Å². The molecular weight excluding hydrogens is 661 g/mol. The zero-order valence-electron chi connectivity index (χ0n) is 26.6. The van der Waals surface area contributed by atoms with Gasteiger partial charge in [0.2, 0.25) is 5.91 Å². The molecule has 48 heavy (non-hydrogen) atoms. The number of carbonyl (C=O) groups is 3. The number of aryl methyl sites for hydroxylation is 1. The van der Waals surface area contributed by atoms with Crippen LogP contribution in [0.3, 0.4) is 0 Å². The van der Waals surface area contributed by atoms with Crippen molar-refractivity contribution in [3.8, 4) is 17.2 Å². The number of thioether (sulfide) groups is 1. The molecule has 0 fully saturated rings. The lowest BCUT2D eigenvalue weighted by molar-refractivity contribution is -0.384. The molecule has 0 bridgehead atoms. The molecule has 16 heteroatoms. The smallest absolute Gasteiger partial charge is 0.341 e. The molecule has 1 aliphatic rings. The largest absolute Gasteiger partial charge is 0.493 e. The van der Waals surface area contributed by atoms with Gasteiger partial charge in [-0.05, 0) is 68.5 Å². The molecule has 2 aromatic carbocycles. The van der Waals surface area contributed by atoms with Crippen LogP contribution in [0, 0.1) is 10.1 Å². The molecule has 1 aliphatic carbocycles. The van der Waals surface area contributed by atoms with Gasteiger partial charge >= 0.3 is 5.97 Å². The molecule has 0 spiro atoms. The molecule has 2 N–H and O–H groups in total. The van der Waals surface area contributed by atoms with E-state index in [1.165, 1.54) is 49.8 Å². The molecule has 2 heterocycles. The van der Waals surface area contributed by atoms with E-state index in [0.717, 1.165) is 54.3 Å². The number of nitrogens with zero attached hydrogens (tertiary/aromatic N) is 4. The summed E-state index contributed by atoms with van der Waals surface area (Å²) in [6, 6.07) is 10.5. The number of ether oxygens (including phenoxy) is 3. The van der Waals surface area contributed by atoms with Crippen LogP contribution >= 0.6 is 23.1 Å². The molecule has 5 rings (SSSR count). The van der Waals surface area contributed by atoms with E-state index in [9.17, 15) is 24.5 Å². The summed E-state index contributed by atoms with van der Waals surface area (Å²) in [4.78, 5) is 51.1. The SMILES string of the molecule is CCOC(=O)c1c(NC(=O)CSc2nnc(CNC(=O)c3ccc(OC)c(OC)c3)n2-c2ccc([N+](=O)[O-])cc2)sc2c1CCCCC2. The van der Waals surface area contributed by atoms with Crippen molar-refractivity contribution in [1.82, 2.24) is 20.1 Å². The van der Waals surface area contributed by atoms with E-state index in [1.807, 2.05) is 0 Å². The van der Waals surface area contributed by atoms with Crippen LogP contribution in [-0.4, -0.2) is 64.1 Å². The number of nitro benzene ring substituents is 1. The fraction of sp³-hybridized carbons (Fsp3) is 0.344. The lowest BCUT2D eigenvalue weighted by Crippen LogP contribution is -2.24. The Morgan fingerprint density at radius 3 is 2.48 bits per heavy atom. The third-order valence-electron chi connectivity index (χ3n) is 7.56. The molecule has 0 aliphatic heterocycles. The van der Waals surface area contributed by atoms with Gasteiger partial charge in [-0.15, -0.1) is 21.5 Å². The fourth-order valence-corrected chi connectivity index (χ4v) is 7.34. The summed E-state index contributed by atoms with van der Waals surface area (Å²) in [7, 11) is 2.97. The Hall–Kier alpha value is -4.96. The van der Waals surface area contributed by atoms with E-state index >= 15 is 0 Å². The highest BCUT2D eigenvalue weighted by atomic mass is 32.2. The summed E-state index contributed by atoms with van der Waals surface area (Å²) < 4.78 is 17.5. The summed E-state index contributed by atoms with van der Waals surface area (Å²) in [5.74, 6) is -0.0936. The number of anilines is 1. The number of fused-ring (bicyclic) bond motifs is 1. The number of benzene rings is 2. The van der Waals surface area contributed by atoms with Crippen LogP contribution in [0.5, 0.6) is 11.5 Å². The van der Waals surface area contributed by atoms with Crippen molar-refractivity contribution < 1.29 is 33.5 Å². The molecule has 0 saturated heterocycles. The Kier molecular flexibility index (Phi) is 11.3. The molecule has 14 nitrogen and oxygen atoms in total. The van der Waals surface area contributed by atoms with Gasteiger partial charge in [-0.25, -0.2) is 4.79 Å². The first-order valence-corrected chi connectivity index (χ1v) is 17.0. The van der Waals surface area contributed by atoms with Crippen LogP contribution < -0.4 is 20.1 Å². The minimum Gasteiger partial charge on any atom is -0.493 e. The normalized spacial score (nSPS) is 12.4. The first-order valence-electron chi connectivity index (χ1n) is 15.2. The number of carbonyl (C=O) groups excluding carboxylic acids is 3. The molecule has 0 radical (unpaired) electrons. The summed E-state index contributed by atoms with van der Waals surface area (Å²) in [6.07, 6.45) is 4.68. The predicted octanol–water partition coefficient (Wildman–Crippen LogP) is 5.36. The first kappa shape index (κ1) is 34.4. The molecule has 2 aromatic heterocycles.